The van der Waals surface area contributed by atoms with Crippen molar-refractivity contribution in [3.63, 3.8) is 0 Å². The van der Waals surface area contributed by atoms with Crippen LogP contribution >= 0.6 is 7.92 Å². The lowest BCUT2D eigenvalue weighted by Gasteiger charge is -2.21. The maximum atomic E-state index is 3.55. The van der Waals surface area contributed by atoms with E-state index in [-0.39, 0.29) is 13.3 Å². The highest BCUT2D eigenvalue weighted by Crippen LogP contribution is 2.45. The van der Waals surface area contributed by atoms with Crippen molar-refractivity contribution in [2.75, 3.05) is 6.66 Å². The third kappa shape index (κ3) is 3.36. The smallest absolute Gasteiger partial charge is 0.0255 e. The maximum Gasteiger partial charge on any atom is 0.0255 e. The average molecular weight is 178 g/mol. The van der Waals surface area contributed by atoms with Crippen molar-refractivity contribution in [2.45, 2.75) is 13.8 Å². The molecule has 0 spiro atoms. The summed E-state index contributed by atoms with van der Waals surface area (Å²) in [5.74, 6) is 2.22. The Labute approximate surface area is 76.8 Å². The molecule has 1 heterocycles. The van der Waals surface area contributed by atoms with Crippen LogP contribution in [0.25, 0.3) is 0 Å². The van der Waals surface area contributed by atoms with Crippen LogP contribution in [-0.4, -0.2) is 6.66 Å². The first-order valence-electron chi connectivity index (χ1n) is 4.13. The van der Waals surface area contributed by atoms with Gasteiger partial charge in [0.15, 0.2) is 0 Å². The summed E-state index contributed by atoms with van der Waals surface area (Å²) in [5.41, 5.74) is 0.111. The monoisotopic (exact) mass is 178 g/mol. The Balaban J connectivity index is 2.78. The van der Waals surface area contributed by atoms with Crippen molar-refractivity contribution >= 4 is 7.92 Å². The molecule has 12 heavy (non-hydrogen) atoms. The fraction of sp³-hybridized carbons (Fsp3) is 0.364. The molecule has 0 saturated carbocycles. The van der Waals surface area contributed by atoms with E-state index in [1.54, 1.807) is 0 Å². The summed E-state index contributed by atoms with van der Waals surface area (Å²) in [5, 5.41) is 0. The van der Waals surface area contributed by atoms with Crippen molar-refractivity contribution in [3.05, 3.63) is 42.4 Å². The second-order valence-corrected chi connectivity index (χ2v) is 5.27. The highest BCUT2D eigenvalue weighted by atomic mass is 31.1. The van der Waals surface area contributed by atoms with E-state index in [4.69, 9.17) is 0 Å². The van der Waals surface area contributed by atoms with Gasteiger partial charge >= 0.3 is 0 Å². The van der Waals surface area contributed by atoms with Gasteiger partial charge in [0.25, 0.3) is 0 Å². The van der Waals surface area contributed by atoms with E-state index in [2.05, 4.69) is 62.9 Å². The van der Waals surface area contributed by atoms with Gasteiger partial charge in [-0.05, 0) is 12.1 Å². The van der Waals surface area contributed by atoms with Gasteiger partial charge in [-0.1, -0.05) is 58.0 Å². The zero-order chi connectivity index (χ0) is 9.03. The minimum Gasteiger partial charge on any atom is -0.0779 e. The molecule has 0 aromatic heterocycles. The van der Waals surface area contributed by atoms with E-state index in [0.29, 0.717) is 0 Å². The van der Waals surface area contributed by atoms with Crippen molar-refractivity contribution in [2.24, 2.45) is 5.41 Å². The van der Waals surface area contributed by atoms with Crippen LogP contribution in [0.4, 0.5) is 0 Å². The quantitative estimate of drug-likeness (QED) is 0.495. The molecule has 1 aliphatic rings. The summed E-state index contributed by atoms with van der Waals surface area (Å²) in [6.07, 6.45) is 14.1. The summed E-state index contributed by atoms with van der Waals surface area (Å²) in [6, 6.07) is 0. The van der Waals surface area contributed by atoms with Gasteiger partial charge in [-0.15, -0.1) is 0 Å². The van der Waals surface area contributed by atoms with Crippen LogP contribution in [0.2, 0.25) is 0 Å². The van der Waals surface area contributed by atoms with Gasteiger partial charge in [0.1, 0.15) is 0 Å². The van der Waals surface area contributed by atoms with E-state index < -0.39 is 0 Å². The lowest BCUT2D eigenvalue weighted by molar-refractivity contribution is 0.605. The lowest BCUT2D eigenvalue weighted by Crippen LogP contribution is -2.05. The van der Waals surface area contributed by atoms with E-state index >= 15 is 0 Å². The fourth-order valence-electron chi connectivity index (χ4n) is 1.13. The molecule has 1 heteroatoms. The van der Waals surface area contributed by atoms with Crippen LogP contribution in [0.5, 0.6) is 0 Å². The summed E-state index contributed by atoms with van der Waals surface area (Å²) >= 11 is 0. The second-order valence-electron chi connectivity index (χ2n) is 3.53. The summed E-state index contributed by atoms with van der Waals surface area (Å²) in [6.45, 7) is 6.60. The van der Waals surface area contributed by atoms with Gasteiger partial charge in [-0.2, -0.15) is 0 Å². The molecule has 64 valence electrons. The van der Waals surface area contributed by atoms with Crippen molar-refractivity contribution in [3.8, 4) is 0 Å². The first kappa shape index (κ1) is 9.74. The predicted molar refractivity (Wildman–Crippen MR) is 57.3 cm³/mol. The van der Waals surface area contributed by atoms with Crippen LogP contribution < -0.4 is 0 Å². The molecule has 1 aliphatic heterocycles. The fourth-order valence-corrected chi connectivity index (χ4v) is 2.55. The summed E-state index contributed by atoms with van der Waals surface area (Å²) < 4.78 is 0. The molecule has 0 fully saturated rings. The molecule has 0 aromatic carbocycles. The van der Waals surface area contributed by atoms with Crippen LogP contribution in [0.15, 0.2) is 36.2 Å². The normalized spacial score (nSPS) is 35.8. The number of rotatable bonds is 0. The average Bonchev–Trinajstić information content (AvgIpc) is 1.99. The van der Waals surface area contributed by atoms with Gasteiger partial charge in [0.2, 0.25) is 0 Å². The van der Waals surface area contributed by atoms with Gasteiger partial charge in [0.05, 0.1) is 0 Å². The minimum absolute atomic E-state index is 0.111. The van der Waals surface area contributed by atoms with E-state index in [1.165, 1.54) is 0 Å². The summed E-state index contributed by atoms with van der Waals surface area (Å²) in [7, 11) is -0.173. The molecular formula is C11H15P. The van der Waals surface area contributed by atoms with Crippen molar-refractivity contribution < 1.29 is 0 Å². The van der Waals surface area contributed by atoms with Crippen LogP contribution in [-0.2, 0) is 0 Å². The second kappa shape index (κ2) is 4.05. The lowest BCUT2D eigenvalue weighted by atomic mass is 9.96. The highest BCUT2D eigenvalue weighted by molar-refractivity contribution is 7.62. The Morgan fingerprint density at radius 1 is 1.08 bits per heavy atom. The number of hydrogen-bond donors (Lipinski definition) is 0. The first-order valence-corrected chi connectivity index (χ1v) is 5.99. The Morgan fingerprint density at radius 3 is 2.50 bits per heavy atom. The maximum absolute atomic E-state index is 3.55. The zero-order valence-corrected chi connectivity index (χ0v) is 8.81. The molecule has 1 unspecified atom stereocenters. The molecular weight excluding hydrogens is 163 g/mol. The van der Waals surface area contributed by atoms with Crippen LogP contribution in [0.1, 0.15) is 13.8 Å². The Morgan fingerprint density at radius 2 is 1.75 bits per heavy atom. The van der Waals surface area contributed by atoms with E-state index in [1.807, 2.05) is 0 Å². The number of hydrogen-bond acceptors (Lipinski definition) is 0. The predicted octanol–water partition coefficient (Wildman–Crippen LogP) is 3.80. The van der Waals surface area contributed by atoms with Gasteiger partial charge in [-0.3, -0.25) is 0 Å². The number of allylic oxidation sites excluding steroid dienone is 5. The van der Waals surface area contributed by atoms with Crippen molar-refractivity contribution in [1.29, 1.82) is 0 Å². The molecule has 1 rings (SSSR count). The first-order chi connectivity index (χ1) is 5.60. The highest BCUT2D eigenvalue weighted by Gasteiger charge is 2.17. The third-order valence-electron chi connectivity index (χ3n) is 1.62. The molecule has 0 bridgehead atoms. The van der Waals surface area contributed by atoms with E-state index in [0.717, 1.165) is 0 Å². The minimum atomic E-state index is -0.173. The molecule has 0 N–H and O–H groups in total. The molecule has 1 atom stereocenters. The molecule has 0 saturated heterocycles. The largest absolute Gasteiger partial charge is 0.0779 e. The molecule has 2 radical (unpaired) electrons. The van der Waals surface area contributed by atoms with Gasteiger partial charge in [-0.25, -0.2) is 0 Å². The van der Waals surface area contributed by atoms with Gasteiger partial charge in [0, 0.05) is 6.16 Å². The Kier molecular flexibility index (Phi) is 3.29. The molecule has 0 aliphatic carbocycles. The zero-order valence-electron chi connectivity index (χ0n) is 7.91. The van der Waals surface area contributed by atoms with Crippen molar-refractivity contribution in [1.82, 2.24) is 0 Å². The Hall–Kier alpha value is -0.350. The van der Waals surface area contributed by atoms with E-state index in [9.17, 15) is 0 Å². The van der Waals surface area contributed by atoms with Gasteiger partial charge < -0.3 is 0 Å². The van der Waals surface area contributed by atoms with Crippen LogP contribution in [0.3, 0.4) is 0 Å². The van der Waals surface area contributed by atoms with Crippen LogP contribution in [0, 0.1) is 11.6 Å². The topological polar surface area (TPSA) is 0 Å². The molecule has 0 nitrogen and oxygen atoms in total. The standard InChI is InChI=1S/C11H15P/c1-11(2)8-6-4-5-7-9-12(3)10-11/h4-9H,1-3H3/b5-4-,8-6-,9-7-. The molecule has 0 amide bonds. The molecule has 0 aromatic rings. The Bertz CT molecular complexity index is 221. The SMILES string of the molecule is CP1[C]C(C)(C)\C=C/C=C\C=C/1. The third-order valence-corrected chi connectivity index (χ3v) is 3.17. The summed E-state index contributed by atoms with van der Waals surface area (Å²) in [4.78, 5) is 0.